The number of nitrogens with one attached hydrogen (secondary N) is 1. The normalized spacial score (nSPS) is 16.7. The summed E-state index contributed by atoms with van der Waals surface area (Å²) in [7, 11) is 0. The van der Waals surface area contributed by atoms with Crippen molar-refractivity contribution in [3.63, 3.8) is 0 Å². The van der Waals surface area contributed by atoms with Gasteiger partial charge < -0.3 is 9.30 Å². The monoisotopic (exact) mass is 587 g/mol. The highest BCUT2D eigenvalue weighted by Crippen LogP contribution is 2.38. The van der Waals surface area contributed by atoms with Gasteiger partial charge >= 0.3 is 12.0 Å². The second-order valence-electron chi connectivity index (χ2n) is 11.0. The van der Waals surface area contributed by atoms with Crippen LogP contribution in [0.2, 0.25) is 0 Å². The van der Waals surface area contributed by atoms with Gasteiger partial charge in [0.05, 0.1) is 23.6 Å². The number of nitrogens with zero attached hydrogens (tertiary/aromatic N) is 2. The molecule has 1 saturated heterocycles. The van der Waals surface area contributed by atoms with E-state index in [1.165, 1.54) is 4.90 Å². The smallest absolute Gasteiger partial charge is 0.338 e. The Labute approximate surface area is 255 Å². The van der Waals surface area contributed by atoms with Crippen molar-refractivity contribution < 1.29 is 23.9 Å². The number of imide groups is 2. The minimum absolute atomic E-state index is 0.0817. The van der Waals surface area contributed by atoms with Crippen LogP contribution >= 0.6 is 0 Å². The van der Waals surface area contributed by atoms with E-state index in [0.717, 1.165) is 60.3 Å². The molecule has 0 atom stereocenters. The molecule has 3 aromatic carbocycles. The number of benzene rings is 3. The SMILES string of the molecule is CCOC(=O)c1ccc(-n2c(-c3ccccc3)cc(C=C3C(=O)NC(=O)N(C4CCCCC4)C3=O)c2-c2ccccc2)cc1. The Hall–Kier alpha value is -5.24. The van der Waals surface area contributed by atoms with Crippen molar-refractivity contribution in [2.75, 3.05) is 6.61 Å². The number of carbonyl (C=O) groups is 4. The summed E-state index contributed by atoms with van der Waals surface area (Å²) in [4.78, 5) is 53.5. The van der Waals surface area contributed by atoms with Gasteiger partial charge in [0.2, 0.25) is 0 Å². The standard InChI is InChI=1S/C36H33N3O5/c1-2-44-35(42)26-18-20-29(21-19-26)38-31(24-12-6-3-7-13-24)23-27(32(38)25-14-8-4-9-15-25)22-30-33(40)37-36(43)39(34(30)41)28-16-10-5-11-17-28/h3-4,6-9,12-15,18-23,28H,2,5,10-11,16-17H2,1H3,(H,37,40,43). The molecule has 4 aromatic rings. The molecule has 0 spiro atoms. The largest absolute Gasteiger partial charge is 0.462 e. The minimum atomic E-state index is -0.709. The molecule has 0 radical (unpaired) electrons. The van der Waals surface area contributed by atoms with Crippen LogP contribution in [-0.2, 0) is 14.3 Å². The third kappa shape index (κ3) is 5.58. The van der Waals surface area contributed by atoms with Gasteiger partial charge in [-0.25, -0.2) is 9.59 Å². The Bertz CT molecular complexity index is 1730. The first-order chi connectivity index (χ1) is 21.5. The van der Waals surface area contributed by atoms with Crippen LogP contribution in [0.3, 0.4) is 0 Å². The molecule has 0 unspecified atom stereocenters. The minimum Gasteiger partial charge on any atom is -0.462 e. The van der Waals surface area contributed by atoms with Gasteiger partial charge in [0.15, 0.2) is 0 Å². The van der Waals surface area contributed by atoms with E-state index in [0.29, 0.717) is 11.1 Å². The van der Waals surface area contributed by atoms with Gasteiger partial charge in [-0.15, -0.1) is 0 Å². The number of hydrogen-bond donors (Lipinski definition) is 1. The molecule has 1 aliphatic heterocycles. The van der Waals surface area contributed by atoms with Crippen molar-refractivity contribution in [1.82, 2.24) is 14.8 Å². The van der Waals surface area contributed by atoms with Crippen molar-refractivity contribution in [3.8, 4) is 28.2 Å². The summed E-state index contributed by atoms with van der Waals surface area (Å²) in [5.41, 5.74) is 5.12. The molecule has 2 fully saturated rings. The van der Waals surface area contributed by atoms with Crippen molar-refractivity contribution in [3.05, 3.63) is 108 Å². The molecule has 44 heavy (non-hydrogen) atoms. The fourth-order valence-electron chi connectivity index (χ4n) is 6.08. The number of rotatable bonds is 7. The van der Waals surface area contributed by atoms with Gasteiger partial charge in [0, 0.05) is 17.3 Å². The molecule has 0 bridgehead atoms. The number of esters is 1. The first-order valence-electron chi connectivity index (χ1n) is 15.0. The summed E-state index contributed by atoms with van der Waals surface area (Å²) in [6.07, 6.45) is 5.99. The summed E-state index contributed by atoms with van der Waals surface area (Å²) >= 11 is 0. The van der Waals surface area contributed by atoms with E-state index in [4.69, 9.17) is 4.74 Å². The molecular formula is C36H33N3O5. The molecule has 8 heteroatoms. The molecule has 222 valence electrons. The van der Waals surface area contributed by atoms with Crippen LogP contribution in [0.15, 0.2) is 96.6 Å². The van der Waals surface area contributed by atoms with Gasteiger partial charge in [-0.1, -0.05) is 79.9 Å². The van der Waals surface area contributed by atoms with Crippen molar-refractivity contribution in [2.45, 2.75) is 45.1 Å². The maximum atomic E-state index is 13.8. The first kappa shape index (κ1) is 28.9. The van der Waals surface area contributed by atoms with Crippen LogP contribution in [0.5, 0.6) is 0 Å². The second-order valence-corrected chi connectivity index (χ2v) is 11.0. The predicted octanol–water partition coefficient (Wildman–Crippen LogP) is 6.78. The molecule has 1 aromatic heterocycles. The zero-order chi connectivity index (χ0) is 30.6. The maximum Gasteiger partial charge on any atom is 0.338 e. The lowest BCUT2D eigenvalue weighted by molar-refractivity contribution is -0.132. The Morgan fingerprint density at radius 2 is 1.50 bits per heavy atom. The van der Waals surface area contributed by atoms with Crippen molar-refractivity contribution >= 4 is 29.9 Å². The summed E-state index contributed by atoms with van der Waals surface area (Å²) in [5, 5.41) is 2.41. The van der Waals surface area contributed by atoms with E-state index in [2.05, 4.69) is 9.88 Å². The average Bonchev–Trinajstić information content (AvgIpc) is 3.43. The average molecular weight is 588 g/mol. The van der Waals surface area contributed by atoms with Gasteiger partial charge in [-0.2, -0.15) is 0 Å². The predicted molar refractivity (Wildman–Crippen MR) is 168 cm³/mol. The summed E-state index contributed by atoms with van der Waals surface area (Å²) in [5.74, 6) is -1.68. The van der Waals surface area contributed by atoms with Crippen LogP contribution in [-0.4, -0.2) is 45.9 Å². The highest BCUT2D eigenvalue weighted by atomic mass is 16.5. The molecule has 1 aliphatic carbocycles. The fourth-order valence-corrected chi connectivity index (χ4v) is 6.08. The van der Waals surface area contributed by atoms with E-state index in [9.17, 15) is 19.2 Å². The third-order valence-corrected chi connectivity index (χ3v) is 8.16. The number of barbiturate groups is 1. The highest BCUT2D eigenvalue weighted by Gasteiger charge is 2.40. The zero-order valence-corrected chi connectivity index (χ0v) is 24.5. The first-order valence-corrected chi connectivity index (χ1v) is 15.0. The molecule has 1 N–H and O–H groups in total. The van der Waals surface area contributed by atoms with Gasteiger partial charge in [-0.3, -0.25) is 19.8 Å². The molecule has 2 heterocycles. The molecule has 2 aliphatic rings. The van der Waals surface area contributed by atoms with E-state index in [1.54, 1.807) is 25.1 Å². The highest BCUT2D eigenvalue weighted by molar-refractivity contribution is 6.31. The van der Waals surface area contributed by atoms with Crippen LogP contribution in [0, 0.1) is 0 Å². The van der Waals surface area contributed by atoms with Gasteiger partial charge in [0.1, 0.15) is 5.57 Å². The Kier molecular flexibility index (Phi) is 8.23. The van der Waals surface area contributed by atoms with E-state index in [1.807, 2.05) is 78.9 Å². The molecular weight excluding hydrogens is 554 g/mol. The summed E-state index contributed by atoms with van der Waals surface area (Å²) in [6, 6.07) is 27.7. The van der Waals surface area contributed by atoms with Crippen LogP contribution in [0.1, 0.15) is 54.9 Å². The molecule has 1 saturated carbocycles. The third-order valence-electron chi connectivity index (χ3n) is 8.16. The van der Waals surface area contributed by atoms with E-state index >= 15 is 0 Å². The van der Waals surface area contributed by atoms with Gasteiger partial charge in [0.25, 0.3) is 11.8 Å². The molecule has 6 rings (SSSR count). The number of amides is 4. The topological polar surface area (TPSA) is 97.7 Å². The Morgan fingerprint density at radius 1 is 0.864 bits per heavy atom. The zero-order valence-electron chi connectivity index (χ0n) is 24.5. The van der Waals surface area contributed by atoms with Crippen LogP contribution in [0.25, 0.3) is 34.3 Å². The number of urea groups is 1. The van der Waals surface area contributed by atoms with E-state index in [-0.39, 0.29) is 18.2 Å². The maximum absolute atomic E-state index is 13.8. The number of hydrogen-bond acceptors (Lipinski definition) is 5. The Balaban J connectivity index is 1.54. The number of carbonyl (C=O) groups excluding carboxylic acids is 4. The van der Waals surface area contributed by atoms with Gasteiger partial charge in [-0.05, 0) is 67.3 Å². The lowest BCUT2D eigenvalue weighted by atomic mass is 9.93. The lowest BCUT2D eigenvalue weighted by Gasteiger charge is -2.35. The van der Waals surface area contributed by atoms with E-state index < -0.39 is 23.8 Å². The second kappa shape index (κ2) is 12.6. The number of ether oxygens (including phenoxy) is 1. The molecule has 8 nitrogen and oxygen atoms in total. The fraction of sp³-hybridized carbons (Fsp3) is 0.222. The quantitative estimate of drug-likeness (QED) is 0.146. The number of aromatic nitrogens is 1. The summed E-state index contributed by atoms with van der Waals surface area (Å²) in [6.45, 7) is 2.05. The van der Waals surface area contributed by atoms with Crippen molar-refractivity contribution in [1.29, 1.82) is 0 Å². The van der Waals surface area contributed by atoms with Crippen LogP contribution < -0.4 is 5.32 Å². The molecule has 4 amide bonds. The lowest BCUT2D eigenvalue weighted by Crippen LogP contribution is -2.58. The van der Waals surface area contributed by atoms with Crippen molar-refractivity contribution in [2.24, 2.45) is 0 Å². The Morgan fingerprint density at radius 3 is 2.14 bits per heavy atom. The van der Waals surface area contributed by atoms with Crippen LogP contribution in [0.4, 0.5) is 4.79 Å². The summed E-state index contributed by atoms with van der Waals surface area (Å²) < 4.78 is 7.23.